The van der Waals surface area contributed by atoms with Crippen molar-refractivity contribution in [2.24, 2.45) is 0 Å². The Kier molecular flexibility index (Phi) is 3.50. The summed E-state index contributed by atoms with van der Waals surface area (Å²) in [5, 5.41) is 0. The molecule has 1 heterocycles. The third kappa shape index (κ3) is 2.44. The minimum absolute atomic E-state index is 0.230. The zero-order chi connectivity index (χ0) is 9.03. The summed E-state index contributed by atoms with van der Waals surface area (Å²) in [6.07, 6.45) is 1.14. The van der Waals surface area contributed by atoms with E-state index in [1.165, 1.54) is 0 Å². The third-order valence-corrected chi connectivity index (χ3v) is 2.64. The van der Waals surface area contributed by atoms with Crippen LogP contribution in [0.2, 0.25) is 0 Å². The Labute approximate surface area is 74.6 Å². The van der Waals surface area contributed by atoms with E-state index in [1.54, 1.807) is 0 Å². The van der Waals surface area contributed by atoms with Gasteiger partial charge in [-0.15, -0.1) is 0 Å². The Bertz CT molecular complexity index is 128. The first kappa shape index (κ1) is 9.96. The fourth-order valence-corrected chi connectivity index (χ4v) is 1.21. The predicted octanol–water partition coefficient (Wildman–Crippen LogP) is 1.44. The molecule has 0 spiro atoms. The summed E-state index contributed by atoms with van der Waals surface area (Å²) in [6, 6.07) is 0. The molecule has 0 N–H and O–H groups in total. The first-order valence-electron chi connectivity index (χ1n) is 4.57. The van der Waals surface area contributed by atoms with Gasteiger partial charge in [0.25, 0.3) is 0 Å². The molecule has 0 aromatic heterocycles. The lowest BCUT2D eigenvalue weighted by molar-refractivity contribution is -0.0621. The molecular weight excluding hydrogens is 154 g/mol. The molecule has 1 saturated heterocycles. The smallest absolute Gasteiger partial charge is 0.148 e. The van der Waals surface area contributed by atoms with E-state index in [1.807, 2.05) is 0 Å². The molecule has 0 aliphatic carbocycles. The molecule has 3 heteroatoms. The van der Waals surface area contributed by atoms with Crippen LogP contribution in [0, 0.1) is 0 Å². The maximum absolute atomic E-state index is 5.30. The second-order valence-electron chi connectivity index (χ2n) is 3.79. The van der Waals surface area contributed by atoms with Gasteiger partial charge in [-0.25, -0.2) is 0 Å². The summed E-state index contributed by atoms with van der Waals surface area (Å²) in [5.74, 6) is 0. The van der Waals surface area contributed by atoms with Crippen LogP contribution >= 0.6 is 0 Å². The predicted molar refractivity (Wildman–Crippen MR) is 47.8 cm³/mol. The van der Waals surface area contributed by atoms with E-state index < -0.39 is 0 Å². The maximum atomic E-state index is 5.30. The van der Waals surface area contributed by atoms with Gasteiger partial charge in [0.1, 0.15) is 13.5 Å². The molecule has 1 aliphatic heterocycles. The topological polar surface area (TPSA) is 21.7 Å². The van der Waals surface area contributed by atoms with Gasteiger partial charge in [0.15, 0.2) is 0 Å². The van der Waals surface area contributed by atoms with Gasteiger partial charge >= 0.3 is 0 Å². The first-order chi connectivity index (χ1) is 5.67. The first-order valence-corrected chi connectivity index (χ1v) is 4.57. The summed E-state index contributed by atoms with van der Waals surface area (Å²) in [6.45, 7) is 9.57. The number of ether oxygens (including phenoxy) is 2. The molecule has 0 unspecified atom stereocenters. The number of hydrogen-bond acceptors (Lipinski definition) is 3. The van der Waals surface area contributed by atoms with Gasteiger partial charge in [0.05, 0.1) is 6.61 Å². The summed E-state index contributed by atoms with van der Waals surface area (Å²) in [4.78, 5) is 2.32. The average molecular weight is 173 g/mol. The van der Waals surface area contributed by atoms with Crippen LogP contribution in [0.4, 0.5) is 0 Å². The Morgan fingerprint density at radius 3 is 2.75 bits per heavy atom. The molecule has 0 bridgehead atoms. The standard InChI is InChI=1S/C9H19NO2/c1-4-9(2,3)10-5-6-11-8-12-7-10/h4-8H2,1-3H3. The van der Waals surface area contributed by atoms with E-state index in [0.29, 0.717) is 13.5 Å². The average Bonchev–Trinajstić information content (AvgIpc) is 2.32. The summed E-state index contributed by atoms with van der Waals surface area (Å²) in [5.41, 5.74) is 0.230. The number of hydrogen-bond donors (Lipinski definition) is 0. The van der Waals surface area contributed by atoms with Gasteiger partial charge in [-0.3, -0.25) is 4.90 Å². The molecule has 72 valence electrons. The van der Waals surface area contributed by atoms with Crippen LogP contribution in [0.15, 0.2) is 0 Å². The molecule has 1 fully saturated rings. The van der Waals surface area contributed by atoms with Crippen LogP contribution < -0.4 is 0 Å². The van der Waals surface area contributed by atoms with E-state index >= 15 is 0 Å². The Morgan fingerprint density at radius 2 is 2.08 bits per heavy atom. The normalized spacial score (nSPS) is 22.2. The molecule has 0 atom stereocenters. The van der Waals surface area contributed by atoms with Crippen LogP contribution in [0.5, 0.6) is 0 Å². The molecule has 0 saturated carbocycles. The van der Waals surface area contributed by atoms with Gasteiger partial charge in [-0.05, 0) is 20.3 Å². The van der Waals surface area contributed by atoms with Gasteiger partial charge in [-0.2, -0.15) is 0 Å². The van der Waals surface area contributed by atoms with Crippen molar-refractivity contribution in [2.75, 3.05) is 26.7 Å². The van der Waals surface area contributed by atoms with Crippen molar-refractivity contribution in [1.29, 1.82) is 0 Å². The lowest BCUT2D eigenvalue weighted by Gasteiger charge is -2.35. The number of rotatable bonds is 2. The SMILES string of the molecule is CCC(C)(C)N1CCOCOC1. The van der Waals surface area contributed by atoms with Gasteiger partial charge in [-0.1, -0.05) is 6.92 Å². The molecule has 12 heavy (non-hydrogen) atoms. The van der Waals surface area contributed by atoms with Crippen molar-refractivity contribution in [1.82, 2.24) is 4.90 Å². The monoisotopic (exact) mass is 173 g/mol. The highest BCUT2D eigenvalue weighted by molar-refractivity contribution is 4.78. The van der Waals surface area contributed by atoms with Crippen molar-refractivity contribution >= 4 is 0 Å². The molecule has 0 aromatic rings. The van der Waals surface area contributed by atoms with Crippen LogP contribution in [0.25, 0.3) is 0 Å². The van der Waals surface area contributed by atoms with Crippen molar-refractivity contribution in [3.63, 3.8) is 0 Å². The minimum Gasteiger partial charge on any atom is -0.354 e. The maximum Gasteiger partial charge on any atom is 0.148 e. The fourth-order valence-electron chi connectivity index (χ4n) is 1.21. The van der Waals surface area contributed by atoms with Gasteiger partial charge in [0.2, 0.25) is 0 Å². The van der Waals surface area contributed by atoms with Crippen LogP contribution in [-0.4, -0.2) is 37.1 Å². The molecule has 1 rings (SSSR count). The van der Waals surface area contributed by atoms with Crippen molar-refractivity contribution in [3.8, 4) is 0 Å². The molecule has 1 aliphatic rings. The van der Waals surface area contributed by atoms with Crippen LogP contribution in [-0.2, 0) is 9.47 Å². The lowest BCUT2D eigenvalue weighted by Crippen LogP contribution is -2.45. The van der Waals surface area contributed by atoms with Crippen molar-refractivity contribution in [2.45, 2.75) is 32.7 Å². The zero-order valence-electron chi connectivity index (χ0n) is 8.30. The van der Waals surface area contributed by atoms with Crippen molar-refractivity contribution in [3.05, 3.63) is 0 Å². The van der Waals surface area contributed by atoms with Gasteiger partial charge < -0.3 is 9.47 Å². The zero-order valence-corrected chi connectivity index (χ0v) is 8.30. The second-order valence-corrected chi connectivity index (χ2v) is 3.79. The Morgan fingerprint density at radius 1 is 1.33 bits per heavy atom. The quantitative estimate of drug-likeness (QED) is 0.630. The van der Waals surface area contributed by atoms with E-state index in [2.05, 4.69) is 25.7 Å². The summed E-state index contributed by atoms with van der Waals surface area (Å²) in [7, 11) is 0. The Balaban J connectivity index is 2.47. The molecular formula is C9H19NO2. The highest BCUT2D eigenvalue weighted by Gasteiger charge is 2.25. The summed E-state index contributed by atoms with van der Waals surface area (Å²) < 4.78 is 10.5. The highest BCUT2D eigenvalue weighted by Crippen LogP contribution is 2.18. The molecule has 3 nitrogen and oxygen atoms in total. The van der Waals surface area contributed by atoms with E-state index in [-0.39, 0.29) is 5.54 Å². The minimum atomic E-state index is 0.230. The third-order valence-electron chi connectivity index (χ3n) is 2.64. The fraction of sp³-hybridized carbons (Fsp3) is 1.00. The van der Waals surface area contributed by atoms with Crippen molar-refractivity contribution < 1.29 is 9.47 Å². The largest absolute Gasteiger partial charge is 0.354 e. The summed E-state index contributed by atoms with van der Waals surface area (Å²) >= 11 is 0. The second kappa shape index (κ2) is 4.21. The van der Waals surface area contributed by atoms with E-state index in [4.69, 9.17) is 9.47 Å². The van der Waals surface area contributed by atoms with Crippen LogP contribution in [0.3, 0.4) is 0 Å². The van der Waals surface area contributed by atoms with Crippen LogP contribution in [0.1, 0.15) is 27.2 Å². The molecule has 0 aromatic carbocycles. The highest BCUT2D eigenvalue weighted by atomic mass is 16.7. The Hall–Kier alpha value is -0.120. The number of nitrogens with zero attached hydrogens (tertiary/aromatic N) is 1. The molecule has 0 radical (unpaired) electrons. The van der Waals surface area contributed by atoms with Gasteiger partial charge in [0, 0.05) is 12.1 Å². The van der Waals surface area contributed by atoms with E-state index in [0.717, 1.165) is 19.6 Å². The molecule has 0 amide bonds. The lowest BCUT2D eigenvalue weighted by atomic mass is 10.00. The van der Waals surface area contributed by atoms with E-state index in [9.17, 15) is 0 Å².